The van der Waals surface area contributed by atoms with Crippen molar-refractivity contribution >= 4 is 17.4 Å². The predicted molar refractivity (Wildman–Crippen MR) is 80.3 cm³/mol. The molecule has 4 nitrogen and oxygen atoms in total. The third-order valence-electron chi connectivity index (χ3n) is 3.15. The van der Waals surface area contributed by atoms with E-state index < -0.39 is 0 Å². The molecule has 0 fully saturated rings. The molecule has 1 amide bonds. The van der Waals surface area contributed by atoms with Gasteiger partial charge in [-0.1, -0.05) is 18.2 Å². The van der Waals surface area contributed by atoms with Crippen LogP contribution in [0.15, 0.2) is 42.5 Å². The lowest BCUT2D eigenvalue weighted by atomic mass is 10.1. The zero-order chi connectivity index (χ0) is 15.4. The fourth-order valence-electron chi connectivity index (χ4n) is 1.90. The molecule has 2 aromatic rings. The van der Waals surface area contributed by atoms with Crippen LogP contribution in [0.25, 0.3) is 0 Å². The molecule has 0 unspecified atom stereocenters. The molecule has 4 heteroatoms. The van der Waals surface area contributed by atoms with Gasteiger partial charge in [-0.2, -0.15) is 5.26 Å². The van der Waals surface area contributed by atoms with E-state index in [0.717, 1.165) is 5.56 Å². The number of rotatable bonds is 3. The fraction of sp³-hybridized carbons (Fsp3) is 0.118. The number of hydrogen-bond donors (Lipinski definition) is 1. The molecule has 0 heterocycles. The highest BCUT2D eigenvalue weighted by Crippen LogP contribution is 2.18. The molecule has 0 aromatic heterocycles. The van der Waals surface area contributed by atoms with Crippen LogP contribution in [0.5, 0.6) is 0 Å². The highest BCUT2D eigenvalue weighted by molar-refractivity contribution is 6.05. The first-order valence-electron chi connectivity index (χ1n) is 6.44. The van der Waals surface area contributed by atoms with Crippen molar-refractivity contribution < 1.29 is 9.59 Å². The maximum absolute atomic E-state index is 12.2. The molecule has 0 atom stereocenters. The van der Waals surface area contributed by atoms with Crippen LogP contribution in [-0.2, 0) is 0 Å². The molecule has 0 aliphatic carbocycles. The van der Waals surface area contributed by atoms with Crippen molar-refractivity contribution in [1.82, 2.24) is 0 Å². The normalized spacial score (nSPS) is 9.76. The molecular weight excluding hydrogens is 264 g/mol. The number of hydrogen-bond acceptors (Lipinski definition) is 3. The van der Waals surface area contributed by atoms with Crippen molar-refractivity contribution in [2.45, 2.75) is 13.8 Å². The van der Waals surface area contributed by atoms with Gasteiger partial charge in [-0.05, 0) is 43.7 Å². The van der Waals surface area contributed by atoms with Gasteiger partial charge in [0.25, 0.3) is 5.91 Å². The molecule has 2 rings (SSSR count). The highest BCUT2D eigenvalue weighted by Gasteiger charge is 2.10. The second-order valence-electron chi connectivity index (χ2n) is 4.73. The minimum Gasteiger partial charge on any atom is -0.322 e. The molecular formula is C17H14N2O2. The molecule has 0 saturated heterocycles. The van der Waals surface area contributed by atoms with Gasteiger partial charge in [0, 0.05) is 16.8 Å². The Morgan fingerprint density at radius 2 is 1.86 bits per heavy atom. The number of ketones is 1. The van der Waals surface area contributed by atoms with Crippen molar-refractivity contribution in [2.75, 3.05) is 5.32 Å². The maximum atomic E-state index is 12.2. The van der Waals surface area contributed by atoms with Crippen LogP contribution in [0, 0.1) is 18.3 Å². The summed E-state index contributed by atoms with van der Waals surface area (Å²) in [6.07, 6.45) is 0. The van der Waals surface area contributed by atoms with Gasteiger partial charge in [-0.15, -0.1) is 0 Å². The Morgan fingerprint density at radius 3 is 2.52 bits per heavy atom. The van der Waals surface area contributed by atoms with Gasteiger partial charge in [-0.3, -0.25) is 9.59 Å². The third kappa shape index (κ3) is 3.34. The quantitative estimate of drug-likeness (QED) is 0.875. The van der Waals surface area contributed by atoms with Gasteiger partial charge < -0.3 is 5.32 Å². The smallest absolute Gasteiger partial charge is 0.255 e. The van der Waals surface area contributed by atoms with Crippen LogP contribution < -0.4 is 5.32 Å². The average molecular weight is 278 g/mol. The van der Waals surface area contributed by atoms with Crippen LogP contribution in [0.2, 0.25) is 0 Å². The number of nitrogens with zero attached hydrogens (tertiary/aromatic N) is 1. The minimum atomic E-state index is -0.309. The number of amides is 1. The highest BCUT2D eigenvalue weighted by atomic mass is 16.1. The number of benzene rings is 2. The summed E-state index contributed by atoms with van der Waals surface area (Å²) < 4.78 is 0. The van der Waals surface area contributed by atoms with Gasteiger partial charge in [-0.25, -0.2) is 0 Å². The Kier molecular flexibility index (Phi) is 4.15. The summed E-state index contributed by atoms with van der Waals surface area (Å²) in [5, 5.41) is 11.6. The Morgan fingerprint density at radius 1 is 1.10 bits per heavy atom. The molecule has 0 spiro atoms. The largest absolute Gasteiger partial charge is 0.322 e. The van der Waals surface area contributed by atoms with Crippen LogP contribution in [-0.4, -0.2) is 11.7 Å². The van der Waals surface area contributed by atoms with Gasteiger partial charge >= 0.3 is 0 Å². The Balaban J connectivity index is 2.29. The van der Waals surface area contributed by atoms with Crippen LogP contribution >= 0.6 is 0 Å². The number of Topliss-reactive ketones (excluding diaryl/α,β-unsaturated/α-hetero) is 1. The third-order valence-corrected chi connectivity index (χ3v) is 3.15. The predicted octanol–water partition coefficient (Wildman–Crippen LogP) is 3.32. The first-order chi connectivity index (χ1) is 10.0. The number of nitrogens with one attached hydrogen (secondary N) is 1. The van der Waals surface area contributed by atoms with Gasteiger partial charge in [0.1, 0.15) is 0 Å². The Hall–Kier alpha value is -2.93. The number of aryl methyl sites for hydroxylation is 1. The molecule has 0 bridgehead atoms. The maximum Gasteiger partial charge on any atom is 0.255 e. The van der Waals surface area contributed by atoms with Crippen molar-refractivity contribution in [3.63, 3.8) is 0 Å². The fourth-order valence-corrected chi connectivity index (χ4v) is 1.90. The molecule has 0 radical (unpaired) electrons. The lowest BCUT2D eigenvalue weighted by molar-refractivity contribution is 0.101. The van der Waals surface area contributed by atoms with E-state index in [0.29, 0.717) is 22.4 Å². The Bertz CT molecular complexity index is 758. The summed E-state index contributed by atoms with van der Waals surface area (Å²) in [6.45, 7) is 3.33. The number of carbonyl (C=O) groups is 2. The SMILES string of the molecule is CC(=O)c1ccc(C)c(NC(=O)c2cccc(C#N)c2)c1. The summed E-state index contributed by atoms with van der Waals surface area (Å²) in [4.78, 5) is 23.6. The van der Waals surface area contributed by atoms with E-state index in [1.165, 1.54) is 13.0 Å². The molecule has 0 aliphatic heterocycles. The van der Waals surface area contributed by atoms with E-state index >= 15 is 0 Å². The van der Waals surface area contributed by atoms with E-state index in [9.17, 15) is 9.59 Å². The van der Waals surface area contributed by atoms with Gasteiger partial charge in [0.05, 0.1) is 11.6 Å². The number of anilines is 1. The number of carbonyl (C=O) groups excluding carboxylic acids is 2. The molecule has 104 valence electrons. The second kappa shape index (κ2) is 6.02. The van der Waals surface area contributed by atoms with E-state index in [1.807, 2.05) is 13.0 Å². The van der Waals surface area contributed by atoms with E-state index in [1.54, 1.807) is 36.4 Å². The lowest BCUT2D eigenvalue weighted by Crippen LogP contribution is -2.13. The monoisotopic (exact) mass is 278 g/mol. The summed E-state index contributed by atoms with van der Waals surface area (Å²) in [7, 11) is 0. The molecule has 21 heavy (non-hydrogen) atoms. The minimum absolute atomic E-state index is 0.0584. The Labute approximate surface area is 123 Å². The van der Waals surface area contributed by atoms with Crippen molar-refractivity contribution in [3.8, 4) is 6.07 Å². The van der Waals surface area contributed by atoms with Gasteiger partial charge in [0.15, 0.2) is 5.78 Å². The summed E-state index contributed by atoms with van der Waals surface area (Å²) in [5.74, 6) is -0.368. The molecule has 0 saturated carbocycles. The van der Waals surface area contributed by atoms with Crippen LogP contribution in [0.1, 0.15) is 38.8 Å². The van der Waals surface area contributed by atoms with Crippen molar-refractivity contribution in [2.24, 2.45) is 0 Å². The van der Waals surface area contributed by atoms with Crippen molar-refractivity contribution in [1.29, 1.82) is 5.26 Å². The van der Waals surface area contributed by atoms with Crippen LogP contribution in [0.4, 0.5) is 5.69 Å². The molecule has 1 N–H and O–H groups in total. The standard InChI is InChI=1S/C17H14N2O2/c1-11-6-7-14(12(2)20)9-16(11)19-17(21)15-5-3-4-13(8-15)10-18/h3-9H,1-2H3,(H,19,21). The summed E-state index contributed by atoms with van der Waals surface area (Å²) in [6, 6.07) is 13.6. The van der Waals surface area contributed by atoms with E-state index in [4.69, 9.17) is 5.26 Å². The van der Waals surface area contributed by atoms with Gasteiger partial charge in [0.2, 0.25) is 0 Å². The average Bonchev–Trinajstić information content (AvgIpc) is 2.49. The van der Waals surface area contributed by atoms with E-state index in [-0.39, 0.29) is 11.7 Å². The first kappa shape index (κ1) is 14.5. The zero-order valence-electron chi connectivity index (χ0n) is 11.8. The van der Waals surface area contributed by atoms with Crippen molar-refractivity contribution in [3.05, 3.63) is 64.7 Å². The van der Waals surface area contributed by atoms with E-state index in [2.05, 4.69) is 5.32 Å². The zero-order valence-corrected chi connectivity index (χ0v) is 11.8. The molecule has 0 aliphatic rings. The second-order valence-corrected chi connectivity index (χ2v) is 4.73. The topological polar surface area (TPSA) is 70.0 Å². The lowest BCUT2D eigenvalue weighted by Gasteiger charge is -2.10. The van der Waals surface area contributed by atoms with Crippen LogP contribution in [0.3, 0.4) is 0 Å². The summed E-state index contributed by atoms with van der Waals surface area (Å²) in [5.41, 5.74) is 2.83. The first-order valence-corrected chi connectivity index (χ1v) is 6.44. The molecule has 2 aromatic carbocycles. The number of nitriles is 1. The summed E-state index contributed by atoms with van der Waals surface area (Å²) >= 11 is 0.